The molecule has 0 bridgehead atoms. The van der Waals surface area contributed by atoms with Crippen LogP contribution in [0.25, 0.3) is 0 Å². The highest BCUT2D eigenvalue weighted by Gasteiger charge is 2.28. The summed E-state index contributed by atoms with van der Waals surface area (Å²) in [6.07, 6.45) is 0.178. The van der Waals surface area contributed by atoms with E-state index in [1.165, 1.54) is 0 Å². The molecule has 3 nitrogen and oxygen atoms in total. The van der Waals surface area contributed by atoms with Crippen molar-refractivity contribution in [3.05, 3.63) is 35.1 Å². The number of hydrogen-bond donors (Lipinski definition) is 2. The molecule has 0 aliphatic carbocycles. The van der Waals surface area contributed by atoms with Crippen molar-refractivity contribution in [3.8, 4) is 0 Å². The maximum absolute atomic E-state index is 13.9. The lowest BCUT2D eigenvalue weighted by Gasteiger charge is -2.35. The molecule has 1 atom stereocenters. The first kappa shape index (κ1) is 14.3. The number of rotatable bonds is 4. The Morgan fingerprint density at radius 2 is 1.79 bits per heavy atom. The molecular weight excluding hydrogens is 257 g/mol. The van der Waals surface area contributed by atoms with Gasteiger partial charge in [0.2, 0.25) is 0 Å². The average molecular weight is 274 g/mol. The van der Waals surface area contributed by atoms with Gasteiger partial charge in [-0.25, -0.2) is 13.2 Å². The summed E-state index contributed by atoms with van der Waals surface area (Å²) in [5, 5.41) is 12.2. The Balaban J connectivity index is 2.35. The Morgan fingerprint density at radius 3 is 2.42 bits per heavy atom. The Bertz CT molecular complexity index is 436. The van der Waals surface area contributed by atoms with E-state index in [1.807, 2.05) is 4.90 Å². The van der Waals surface area contributed by atoms with E-state index in [9.17, 15) is 13.2 Å². The summed E-state index contributed by atoms with van der Waals surface area (Å²) >= 11 is 0. The minimum atomic E-state index is -1.16. The molecule has 0 saturated carbocycles. The van der Waals surface area contributed by atoms with E-state index in [2.05, 4.69) is 5.32 Å². The van der Waals surface area contributed by atoms with Crippen molar-refractivity contribution in [2.75, 3.05) is 32.8 Å². The van der Waals surface area contributed by atoms with Crippen molar-refractivity contribution in [2.24, 2.45) is 0 Å². The lowest BCUT2D eigenvalue weighted by Crippen LogP contribution is -2.45. The molecule has 1 aliphatic rings. The zero-order valence-corrected chi connectivity index (χ0v) is 10.5. The minimum Gasteiger partial charge on any atom is -0.396 e. The van der Waals surface area contributed by atoms with Crippen LogP contribution in [-0.4, -0.2) is 42.8 Å². The molecular formula is C13H17F3N2O. The summed E-state index contributed by atoms with van der Waals surface area (Å²) in [4.78, 5) is 1.87. The van der Waals surface area contributed by atoms with Crippen LogP contribution >= 0.6 is 0 Å². The Kier molecular flexibility index (Phi) is 4.79. The fraction of sp³-hybridized carbons (Fsp3) is 0.538. The molecule has 1 aromatic carbocycles. The maximum Gasteiger partial charge on any atom is 0.166 e. The molecule has 1 heterocycles. The smallest absolute Gasteiger partial charge is 0.166 e. The van der Waals surface area contributed by atoms with Gasteiger partial charge in [-0.3, -0.25) is 4.90 Å². The van der Waals surface area contributed by atoms with Crippen LogP contribution in [0.1, 0.15) is 18.0 Å². The third-order valence-electron chi connectivity index (χ3n) is 3.41. The van der Waals surface area contributed by atoms with E-state index in [0.717, 1.165) is 12.1 Å². The highest BCUT2D eigenvalue weighted by Crippen LogP contribution is 2.30. The fourth-order valence-corrected chi connectivity index (χ4v) is 2.47. The summed E-state index contributed by atoms with van der Waals surface area (Å²) in [7, 11) is 0. The highest BCUT2D eigenvalue weighted by molar-refractivity contribution is 5.25. The van der Waals surface area contributed by atoms with Crippen LogP contribution in [0.2, 0.25) is 0 Å². The molecule has 2 N–H and O–H groups in total. The zero-order chi connectivity index (χ0) is 13.8. The predicted molar refractivity (Wildman–Crippen MR) is 65.2 cm³/mol. The first-order valence-corrected chi connectivity index (χ1v) is 6.34. The highest BCUT2D eigenvalue weighted by atomic mass is 19.2. The van der Waals surface area contributed by atoms with Crippen molar-refractivity contribution in [1.82, 2.24) is 10.2 Å². The zero-order valence-electron chi connectivity index (χ0n) is 10.5. The van der Waals surface area contributed by atoms with Gasteiger partial charge >= 0.3 is 0 Å². The van der Waals surface area contributed by atoms with Gasteiger partial charge < -0.3 is 10.4 Å². The van der Waals surface area contributed by atoms with Gasteiger partial charge in [0.25, 0.3) is 0 Å². The summed E-state index contributed by atoms with van der Waals surface area (Å²) in [5.74, 6) is -2.98. The van der Waals surface area contributed by atoms with Crippen molar-refractivity contribution in [3.63, 3.8) is 0 Å². The molecule has 2 rings (SSSR count). The van der Waals surface area contributed by atoms with Crippen LogP contribution in [-0.2, 0) is 0 Å². The molecule has 0 unspecified atom stereocenters. The Morgan fingerprint density at radius 1 is 1.16 bits per heavy atom. The summed E-state index contributed by atoms with van der Waals surface area (Å²) in [5.41, 5.74) is -0.282. The molecule has 106 valence electrons. The van der Waals surface area contributed by atoms with Crippen LogP contribution in [0.15, 0.2) is 12.1 Å². The molecule has 1 saturated heterocycles. The number of halogens is 3. The monoisotopic (exact) mass is 274 g/mol. The molecule has 1 aromatic rings. The number of hydrogen-bond acceptors (Lipinski definition) is 3. The van der Waals surface area contributed by atoms with Crippen molar-refractivity contribution >= 4 is 0 Å². The number of aliphatic hydroxyl groups is 1. The van der Waals surface area contributed by atoms with E-state index in [-0.39, 0.29) is 18.6 Å². The van der Waals surface area contributed by atoms with E-state index in [4.69, 9.17) is 5.11 Å². The summed E-state index contributed by atoms with van der Waals surface area (Å²) in [6, 6.07) is 1.07. The SMILES string of the molecule is OCC[C@@H](c1c(F)ccc(F)c1F)N1CCNCC1. The standard InChI is InChI=1S/C13H17F3N2O/c14-9-1-2-10(15)13(16)12(9)11(3-8-19)18-6-4-17-5-7-18/h1-2,11,17,19H,3-8H2/t11-/m0/s1. The van der Waals surface area contributed by atoms with E-state index in [1.54, 1.807) is 0 Å². The quantitative estimate of drug-likeness (QED) is 0.815. The number of aliphatic hydroxyl groups excluding tert-OH is 1. The predicted octanol–water partition coefficient (Wildman–Crippen LogP) is 1.43. The van der Waals surface area contributed by atoms with Crippen LogP contribution in [0.3, 0.4) is 0 Å². The molecule has 0 radical (unpaired) electrons. The molecule has 1 aliphatic heterocycles. The van der Waals surface area contributed by atoms with Gasteiger partial charge in [0, 0.05) is 44.4 Å². The van der Waals surface area contributed by atoms with E-state index < -0.39 is 23.5 Å². The van der Waals surface area contributed by atoms with Crippen LogP contribution in [0.5, 0.6) is 0 Å². The van der Waals surface area contributed by atoms with Gasteiger partial charge in [0.15, 0.2) is 11.6 Å². The Hall–Kier alpha value is -1.11. The second-order valence-corrected chi connectivity index (χ2v) is 4.57. The van der Waals surface area contributed by atoms with Crippen molar-refractivity contribution < 1.29 is 18.3 Å². The topological polar surface area (TPSA) is 35.5 Å². The average Bonchev–Trinajstić information content (AvgIpc) is 2.43. The minimum absolute atomic E-state index is 0.178. The number of nitrogens with zero attached hydrogens (tertiary/aromatic N) is 1. The molecule has 0 aromatic heterocycles. The second-order valence-electron chi connectivity index (χ2n) is 4.57. The van der Waals surface area contributed by atoms with Crippen molar-refractivity contribution in [2.45, 2.75) is 12.5 Å². The van der Waals surface area contributed by atoms with E-state index >= 15 is 0 Å². The maximum atomic E-state index is 13.9. The lowest BCUT2D eigenvalue weighted by atomic mass is 10.00. The second kappa shape index (κ2) is 6.36. The Labute approximate surface area is 110 Å². The van der Waals surface area contributed by atoms with Gasteiger partial charge in [0.05, 0.1) is 0 Å². The lowest BCUT2D eigenvalue weighted by molar-refractivity contribution is 0.135. The fourth-order valence-electron chi connectivity index (χ4n) is 2.47. The molecule has 6 heteroatoms. The summed E-state index contributed by atoms with van der Waals surface area (Å²) in [6.45, 7) is 2.44. The molecule has 19 heavy (non-hydrogen) atoms. The molecule has 0 spiro atoms. The van der Waals surface area contributed by atoms with Crippen LogP contribution in [0.4, 0.5) is 13.2 Å². The van der Waals surface area contributed by atoms with Crippen LogP contribution in [0, 0.1) is 17.5 Å². The number of nitrogens with one attached hydrogen (secondary N) is 1. The van der Waals surface area contributed by atoms with Gasteiger partial charge in [-0.15, -0.1) is 0 Å². The summed E-state index contributed by atoms with van der Waals surface area (Å²) < 4.78 is 41.0. The number of benzene rings is 1. The van der Waals surface area contributed by atoms with Gasteiger partial charge in [0.1, 0.15) is 5.82 Å². The van der Waals surface area contributed by atoms with Gasteiger partial charge in [-0.05, 0) is 18.6 Å². The van der Waals surface area contributed by atoms with Crippen LogP contribution < -0.4 is 5.32 Å². The molecule has 0 amide bonds. The normalized spacial score (nSPS) is 18.5. The van der Waals surface area contributed by atoms with Gasteiger partial charge in [-0.2, -0.15) is 0 Å². The molecule has 1 fully saturated rings. The van der Waals surface area contributed by atoms with E-state index in [0.29, 0.717) is 26.2 Å². The first-order valence-electron chi connectivity index (χ1n) is 6.34. The largest absolute Gasteiger partial charge is 0.396 e. The third kappa shape index (κ3) is 3.08. The first-order chi connectivity index (χ1) is 9.15. The van der Waals surface area contributed by atoms with Gasteiger partial charge in [-0.1, -0.05) is 0 Å². The third-order valence-corrected chi connectivity index (χ3v) is 3.41. The van der Waals surface area contributed by atoms with Crippen molar-refractivity contribution in [1.29, 1.82) is 0 Å². The number of piperazine rings is 1.